The number of nitrogens with two attached hydrogens (primary N) is 1. The highest BCUT2D eigenvalue weighted by atomic mass is 28.4. The third kappa shape index (κ3) is 9.54. The fourth-order valence-electron chi connectivity index (χ4n) is 1.93. The molecule has 0 saturated heterocycles. The summed E-state index contributed by atoms with van der Waals surface area (Å²) >= 11 is 0. The van der Waals surface area contributed by atoms with Crippen LogP contribution in [0.15, 0.2) is 0 Å². The summed E-state index contributed by atoms with van der Waals surface area (Å²) in [5.41, 5.74) is 5.47. The van der Waals surface area contributed by atoms with Crippen LogP contribution >= 0.6 is 0 Å². The molecule has 0 fully saturated rings. The Balaban J connectivity index is 3.89. The lowest BCUT2D eigenvalue weighted by Gasteiger charge is -2.28. The summed E-state index contributed by atoms with van der Waals surface area (Å²) in [5.74, 6) is 0. The Bertz CT molecular complexity index is 180. The second kappa shape index (κ2) is 13.0. The van der Waals surface area contributed by atoms with Crippen molar-refractivity contribution in [1.82, 2.24) is 5.32 Å². The van der Waals surface area contributed by atoms with Gasteiger partial charge in [0.2, 0.25) is 0 Å². The Morgan fingerprint density at radius 2 is 1.37 bits per heavy atom. The predicted molar refractivity (Wildman–Crippen MR) is 81.0 cm³/mol. The molecule has 3 N–H and O–H groups in total. The molecule has 0 aliphatic carbocycles. The Hall–Kier alpha value is 0.0169. The van der Waals surface area contributed by atoms with E-state index in [4.69, 9.17) is 19.0 Å². The fourth-order valence-corrected chi connectivity index (χ4v) is 4.29. The molecule has 0 aromatic carbocycles. The lowest BCUT2D eigenvalue weighted by Crippen LogP contribution is -2.54. The molecule has 0 amide bonds. The van der Waals surface area contributed by atoms with Crippen molar-refractivity contribution < 1.29 is 13.3 Å². The maximum absolute atomic E-state index is 5.77. The molecule has 0 rings (SSSR count). The number of rotatable bonds is 14. The molecular formula is C13H32N2O3Si. The van der Waals surface area contributed by atoms with Crippen LogP contribution < -0.4 is 11.1 Å². The van der Waals surface area contributed by atoms with E-state index in [2.05, 4.69) is 5.32 Å². The van der Waals surface area contributed by atoms with E-state index in [0.717, 1.165) is 25.9 Å². The first-order valence-corrected chi connectivity index (χ1v) is 9.50. The van der Waals surface area contributed by atoms with Crippen molar-refractivity contribution in [1.29, 1.82) is 0 Å². The third-order valence-corrected chi connectivity index (χ3v) is 5.61. The second-order valence-electron chi connectivity index (χ2n) is 4.36. The minimum Gasteiger partial charge on any atom is -0.373 e. The molecule has 0 unspecified atom stereocenters. The maximum Gasteiger partial charge on any atom is 0.515 e. The van der Waals surface area contributed by atoms with Crippen molar-refractivity contribution in [3.63, 3.8) is 0 Å². The highest BCUT2D eigenvalue weighted by molar-refractivity contribution is 6.60. The van der Waals surface area contributed by atoms with E-state index in [1.165, 1.54) is 12.8 Å². The topological polar surface area (TPSA) is 65.7 Å². The van der Waals surface area contributed by atoms with Crippen LogP contribution in [0.2, 0.25) is 0 Å². The number of unbranched alkanes of at least 4 members (excludes halogenated alkanes) is 3. The molecule has 0 bridgehead atoms. The van der Waals surface area contributed by atoms with Gasteiger partial charge in [0.05, 0.1) is 6.17 Å². The van der Waals surface area contributed by atoms with E-state index >= 15 is 0 Å². The molecule has 0 radical (unpaired) electrons. The van der Waals surface area contributed by atoms with Crippen molar-refractivity contribution in [2.75, 3.05) is 39.1 Å². The highest BCUT2D eigenvalue weighted by Crippen LogP contribution is 2.09. The van der Waals surface area contributed by atoms with E-state index in [1.54, 1.807) is 0 Å². The Morgan fingerprint density at radius 3 is 1.84 bits per heavy atom. The van der Waals surface area contributed by atoms with E-state index < -0.39 is 8.80 Å². The van der Waals surface area contributed by atoms with Crippen LogP contribution in [0.25, 0.3) is 0 Å². The fraction of sp³-hybridized carbons (Fsp3) is 1.00. The van der Waals surface area contributed by atoms with Gasteiger partial charge in [-0.05, 0) is 46.7 Å². The van der Waals surface area contributed by atoms with Crippen molar-refractivity contribution in [3.05, 3.63) is 0 Å². The SMILES string of the molecule is CCO[Si](CNCCCCCCN)(OCC)OCC. The van der Waals surface area contributed by atoms with E-state index in [1.807, 2.05) is 20.8 Å². The summed E-state index contributed by atoms with van der Waals surface area (Å²) in [7, 11) is -2.50. The van der Waals surface area contributed by atoms with Gasteiger partial charge in [-0.25, -0.2) is 0 Å². The molecule has 0 aliphatic heterocycles. The highest BCUT2D eigenvalue weighted by Gasteiger charge is 2.39. The average Bonchev–Trinajstić information content (AvgIpc) is 2.39. The molecule has 0 saturated carbocycles. The minimum atomic E-state index is -2.50. The normalized spacial score (nSPS) is 12.0. The first kappa shape index (κ1) is 19.0. The van der Waals surface area contributed by atoms with E-state index in [9.17, 15) is 0 Å². The van der Waals surface area contributed by atoms with Crippen LogP contribution in [0.5, 0.6) is 0 Å². The zero-order valence-electron chi connectivity index (χ0n) is 12.9. The van der Waals surface area contributed by atoms with Crippen LogP contribution in [-0.4, -0.2) is 47.9 Å². The number of nitrogens with one attached hydrogen (secondary N) is 1. The molecule has 0 heterocycles. The first-order chi connectivity index (χ1) is 9.24. The van der Waals surface area contributed by atoms with Gasteiger partial charge in [0, 0.05) is 19.8 Å². The summed E-state index contributed by atoms with van der Waals surface area (Å²) in [6, 6.07) is 0. The van der Waals surface area contributed by atoms with Gasteiger partial charge < -0.3 is 24.3 Å². The van der Waals surface area contributed by atoms with E-state index in [-0.39, 0.29) is 0 Å². The number of hydrogen-bond acceptors (Lipinski definition) is 5. The summed E-state index contributed by atoms with van der Waals surface area (Å²) in [4.78, 5) is 0. The van der Waals surface area contributed by atoms with Gasteiger partial charge in [0.15, 0.2) is 0 Å². The van der Waals surface area contributed by atoms with Crippen LogP contribution in [0.3, 0.4) is 0 Å². The van der Waals surface area contributed by atoms with Crippen LogP contribution in [0.1, 0.15) is 46.5 Å². The summed E-state index contributed by atoms with van der Waals surface area (Å²) in [6.45, 7) is 9.60. The molecule has 19 heavy (non-hydrogen) atoms. The Kier molecular flexibility index (Phi) is 13.0. The van der Waals surface area contributed by atoms with Crippen LogP contribution in [-0.2, 0) is 13.3 Å². The summed E-state index contributed by atoms with van der Waals surface area (Å²) in [6.07, 6.45) is 5.41. The molecule has 6 heteroatoms. The molecule has 0 aromatic heterocycles. The van der Waals surface area contributed by atoms with Crippen molar-refractivity contribution in [3.8, 4) is 0 Å². The van der Waals surface area contributed by atoms with Crippen LogP contribution in [0.4, 0.5) is 0 Å². The molecular weight excluding hydrogens is 260 g/mol. The van der Waals surface area contributed by atoms with Gasteiger partial charge in [-0.1, -0.05) is 12.8 Å². The quantitative estimate of drug-likeness (QED) is 0.377. The molecule has 0 aromatic rings. The first-order valence-electron chi connectivity index (χ1n) is 7.57. The molecule has 0 atom stereocenters. The van der Waals surface area contributed by atoms with Gasteiger partial charge in [0.1, 0.15) is 0 Å². The predicted octanol–water partition coefficient (Wildman–Crippen LogP) is 1.68. The van der Waals surface area contributed by atoms with Gasteiger partial charge in [-0.3, -0.25) is 0 Å². The van der Waals surface area contributed by atoms with Crippen molar-refractivity contribution >= 4 is 8.80 Å². The van der Waals surface area contributed by atoms with Gasteiger partial charge in [0.25, 0.3) is 0 Å². The molecule has 0 spiro atoms. The summed E-state index contributed by atoms with van der Waals surface area (Å²) < 4.78 is 17.3. The monoisotopic (exact) mass is 292 g/mol. The summed E-state index contributed by atoms with van der Waals surface area (Å²) in [5, 5.41) is 3.41. The lowest BCUT2D eigenvalue weighted by molar-refractivity contribution is 0.0701. The molecule has 116 valence electrons. The zero-order chi connectivity index (χ0) is 14.4. The van der Waals surface area contributed by atoms with Crippen molar-refractivity contribution in [2.45, 2.75) is 46.5 Å². The minimum absolute atomic E-state index is 0.629. The molecule has 5 nitrogen and oxygen atoms in total. The van der Waals surface area contributed by atoms with Gasteiger partial charge in [-0.15, -0.1) is 0 Å². The van der Waals surface area contributed by atoms with Crippen molar-refractivity contribution in [2.24, 2.45) is 5.73 Å². The zero-order valence-corrected chi connectivity index (χ0v) is 13.9. The van der Waals surface area contributed by atoms with Crippen LogP contribution in [0, 0.1) is 0 Å². The Labute approximate surface area is 119 Å². The average molecular weight is 292 g/mol. The standard InChI is InChI=1S/C13H32N2O3Si/c1-4-16-19(17-5-2,18-6-3)13-15-12-10-8-7-9-11-14/h15H,4-14H2,1-3H3. The Morgan fingerprint density at radius 1 is 0.842 bits per heavy atom. The molecule has 0 aliphatic rings. The smallest absolute Gasteiger partial charge is 0.373 e. The van der Waals surface area contributed by atoms with E-state index in [0.29, 0.717) is 26.0 Å². The largest absolute Gasteiger partial charge is 0.515 e. The number of hydrogen-bond donors (Lipinski definition) is 2. The van der Waals surface area contributed by atoms with Gasteiger partial charge >= 0.3 is 8.80 Å². The van der Waals surface area contributed by atoms with Gasteiger partial charge in [-0.2, -0.15) is 0 Å². The second-order valence-corrected chi connectivity index (χ2v) is 6.95. The third-order valence-electron chi connectivity index (χ3n) is 2.74. The lowest BCUT2D eigenvalue weighted by atomic mass is 10.2. The maximum atomic E-state index is 5.77.